The van der Waals surface area contributed by atoms with Gasteiger partial charge in [-0.2, -0.15) is 17.6 Å². The van der Waals surface area contributed by atoms with Gasteiger partial charge in [-0.1, -0.05) is 24.3 Å². The van der Waals surface area contributed by atoms with Crippen molar-refractivity contribution in [2.45, 2.75) is 36.8 Å². The maximum absolute atomic E-state index is 13.5. The van der Waals surface area contributed by atoms with Crippen LogP contribution in [0.5, 0.6) is 0 Å². The normalized spacial score (nSPS) is 15.4. The van der Waals surface area contributed by atoms with Gasteiger partial charge in [-0.25, -0.2) is 13.4 Å². The van der Waals surface area contributed by atoms with Crippen LogP contribution in [-0.4, -0.2) is 18.4 Å². The largest absolute Gasteiger partial charge is 0.416 e. The lowest BCUT2D eigenvalue weighted by atomic mass is 9.86. The van der Waals surface area contributed by atoms with Crippen LogP contribution >= 0.6 is 0 Å². The molecule has 0 spiro atoms. The second kappa shape index (κ2) is 9.26. The zero-order valence-electron chi connectivity index (χ0n) is 19.6. The first kappa shape index (κ1) is 24.9. The van der Waals surface area contributed by atoms with E-state index >= 15 is 0 Å². The highest BCUT2D eigenvalue weighted by atomic mass is 32.2. The molecule has 10 heteroatoms. The summed E-state index contributed by atoms with van der Waals surface area (Å²) in [4.78, 5) is 7.78. The standard InChI is InChI=1S/C27H21F4N3O2S/c1-16-5-6-18(15-32-16)24-14-19(27(29,30)31)8-11-23(24)22-10-7-17-13-20(9-12-21(17)22)37(35,36)34-26-4-2-3-25(28)33-26/h2-6,8-9,11-15,22H,7,10H2,1H3,(H,33,34)/t22-/m1/s1. The summed E-state index contributed by atoms with van der Waals surface area (Å²) in [5.41, 5.74) is 3.37. The van der Waals surface area contributed by atoms with E-state index in [-0.39, 0.29) is 16.6 Å². The van der Waals surface area contributed by atoms with Gasteiger partial charge in [0.15, 0.2) is 0 Å². The van der Waals surface area contributed by atoms with Gasteiger partial charge in [-0.3, -0.25) is 9.71 Å². The Labute approximate surface area is 211 Å². The third kappa shape index (κ3) is 5.06. The molecule has 2 aromatic heterocycles. The van der Waals surface area contributed by atoms with E-state index in [0.29, 0.717) is 24.0 Å². The van der Waals surface area contributed by atoms with Crippen LogP contribution in [0.15, 0.2) is 77.8 Å². The van der Waals surface area contributed by atoms with Gasteiger partial charge in [-0.05, 0) is 84.5 Å². The van der Waals surface area contributed by atoms with E-state index in [0.717, 1.165) is 40.6 Å². The Morgan fingerprint density at radius 1 is 0.973 bits per heavy atom. The van der Waals surface area contributed by atoms with Crippen LogP contribution in [0.4, 0.5) is 23.4 Å². The van der Waals surface area contributed by atoms with Crippen molar-refractivity contribution in [3.05, 3.63) is 107 Å². The van der Waals surface area contributed by atoms with Crippen molar-refractivity contribution in [3.8, 4) is 11.1 Å². The number of hydrogen-bond donors (Lipinski definition) is 1. The molecule has 0 aliphatic heterocycles. The first-order chi connectivity index (χ1) is 17.5. The number of benzene rings is 2. The average Bonchev–Trinajstić information content (AvgIpc) is 3.27. The van der Waals surface area contributed by atoms with Crippen LogP contribution in [-0.2, 0) is 22.6 Å². The van der Waals surface area contributed by atoms with E-state index in [2.05, 4.69) is 14.7 Å². The van der Waals surface area contributed by atoms with Crippen molar-refractivity contribution < 1.29 is 26.0 Å². The molecule has 0 radical (unpaired) electrons. The molecular formula is C27H21F4N3O2S. The minimum absolute atomic E-state index is 0.00617. The summed E-state index contributed by atoms with van der Waals surface area (Å²) >= 11 is 0. The van der Waals surface area contributed by atoms with Crippen molar-refractivity contribution in [2.75, 3.05) is 4.72 Å². The fourth-order valence-corrected chi connectivity index (χ4v) is 5.71. The Hall–Kier alpha value is -3.79. The summed E-state index contributed by atoms with van der Waals surface area (Å²) in [6.45, 7) is 1.80. The molecule has 4 aromatic rings. The lowest BCUT2D eigenvalue weighted by molar-refractivity contribution is -0.137. The maximum atomic E-state index is 13.5. The molecule has 0 bridgehead atoms. The van der Waals surface area contributed by atoms with E-state index in [1.807, 2.05) is 0 Å². The van der Waals surface area contributed by atoms with Crippen LogP contribution in [0, 0.1) is 12.9 Å². The monoisotopic (exact) mass is 527 g/mol. The summed E-state index contributed by atoms with van der Waals surface area (Å²) in [5.74, 6) is -1.17. The van der Waals surface area contributed by atoms with Gasteiger partial charge in [0.1, 0.15) is 5.82 Å². The number of sulfonamides is 1. The van der Waals surface area contributed by atoms with Crippen LogP contribution in [0.2, 0.25) is 0 Å². The summed E-state index contributed by atoms with van der Waals surface area (Å²) in [6, 6.07) is 15.7. The Morgan fingerprint density at radius 3 is 2.46 bits per heavy atom. The van der Waals surface area contributed by atoms with Gasteiger partial charge in [0.05, 0.1) is 10.5 Å². The van der Waals surface area contributed by atoms with E-state index in [1.54, 1.807) is 37.4 Å². The number of hydrogen-bond acceptors (Lipinski definition) is 4. The van der Waals surface area contributed by atoms with Gasteiger partial charge in [0.25, 0.3) is 10.0 Å². The molecule has 1 aliphatic rings. The van der Waals surface area contributed by atoms with E-state index < -0.39 is 27.7 Å². The zero-order valence-corrected chi connectivity index (χ0v) is 20.4. The highest BCUT2D eigenvalue weighted by Crippen LogP contribution is 2.44. The number of fused-ring (bicyclic) bond motifs is 1. The zero-order chi connectivity index (χ0) is 26.4. The summed E-state index contributed by atoms with van der Waals surface area (Å²) < 4.78 is 82.0. The van der Waals surface area contributed by atoms with Gasteiger partial charge in [-0.15, -0.1) is 0 Å². The predicted molar refractivity (Wildman–Crippen MR) is 131 cm³/mol. The number of pyridine rings is 2. The van der Waals surface area contributed by atoms with E-state index in [1.165, 1.54) is 24.3 Å². The summed E-state index contributed by atoms with van der Waals surface area (Å²) in [6.07, 6.45) is -1.78. The van der Waals surface area contributed by atoms with Gasteiger partial charge in [0.2, 0.25) is 5.95 Å². The maximum Gasteiger partial charge on any atom is 0.416 e. The smallest absolute Gasteiger partial charge is 0.263 e. The molecule has 0 amide bonds. The Bertz CT molecular complexity index is 1590. The minimum atomic E-state index is -4.49. The quantitative estimate of drug-likeness (QED) is 0.238. The van der Waals surface area contributed by atoms with Crippen molar-refractivity contribution in [2.24, 2.45) is 0 Å². The number of halogens is 4. The lowest BCUT2D eigenvalue weighted by Crippen LogP contribution is -2.14. The molecule has 0 saturated carbocycles. The van der Waals surface area contributed by atoms with Crippen molar-refractivity contribution in [1.82, 2.24) is 9.97 Å². The Morgan fingerprint density at radius 2 is 1.76 bits per heavy atom. The second-order valence-electron chi connectivity index (χ2n) is 8.89. The summed E-state index contributed by atoms with van der Waals surface area (Å²) in [5, 5.41) is 0. The predicted octanol–water partition coefficient (Wildman–Crippen LogP) is 6.49. The molecule has 0 unspecified atom stereocenters. The molecule has 190 valence electrons. The fraction of sp³-hybridized carbons (Fsp3) is 0.185. The topological polar surface area (TPSA) is 72.0 Å². The van der Waals surface area contributed by atoms with Crippen molar-refractivity contribution >= 4 is 15.8 Å². The van der Waals surface area contributed by atoms with Crippen LogP contribution in [0.1, 0.15) is 40.3 Å². The number of nitrogens with one attached hydrogen (secondary N) is 1. The Kier molecular flexibility index (Phi) is 6.23. The molecule has 1 atom stereocenters. The molecule has 5 nitrogen and oxygen atoms in total. The molecule has 1 N–H and O–H groups in total. The van der Waals surface area contributed by atoms with Crippen LogP contribution in [0.3, 0.4) is 0 Å². The van der Waals surface area contributed by atoms with Gasteiger partial charge in [0, 0.05) is 23.4 Å². The van der Waals surface area contributed by atoms with E-state index in [4.69, 9.17) is 0 Å². The molecular weight excluding hydrogens is 506 g/mol. The molecule has 5 rings (SSSR count). The average molecular weight is 528 g/mol. The molecule has 2 heterocycles. The molecule has 0 fully saturated rings. The van der Waals surface area contributed by atoms with Crippen LogP contribution < -0.4 is 4.72 Å². The third-order valence-electron chi connectivity index (χ3n) is 6.43. The van der Waals surface area contributed by atoms with E-state index in [9.17, 15) is 26.0 Å². The highest BCUT2D eigenvalue weighted by Gasteiger charge is 2.33. The number of alkyl halides is 3. The first-order valence-corrected chi connectivity index (χ1v) is 12.9. The number of rotatable bonds is 5. The lowest BCUT2D eigenvalue weighted by Gasteiger charge is -2.19. The van der Waals surface area contributed by atoms with Gasteiger partial charge < -0.3 is 0 Å². The van der Waals surface area contributed by atoms with Gasteiger partial charge >= 0.3 is 6.18 Å². The SMILES string of the molecule is Cc1ccc(-c2cc(C(F)(F)F)ccc2[C@@H]2CCc3cc(S(=O)(=O)Nc4cccc(F)n4)ccc32)cn1. The number of nitrogens with zero attached hydrogens (tertiary/aromatic N) is 2. The molecule has 0 saturated heterocycles. The van der Waals surface area contributed by atoms with Crippen LogP contribution in [0.25, 0.3) is 11.1 Å². The summed E-state index contributed by atoms with van der Waals surface area (Å²) in [7, 11) is -4.02. The minimum Gasteiger partial charge on any atom is -0.263 e. The second-order valence-corrected chi connectivity index (χ2v) is 10.6. The van der Waals surface area contributed by atoms with Crippen molar-refractivity contribution in [1.29, 1.82) is 0 Å². The number of anilines is 1. The highest BCUT2D eigenvalue weighted by molar-refractivity contribution is 7.92. The molecule has 2 aromatic carbocycles. The Balaban J connectivity index is 1.52. The number of aromatic nitrogens is 2. The molecule has 1 aliphatic carbocycles. The van der Waals surface area contributed by atoms with Crippen molar-refractivity contribution in [3.63, 3.8) is 0 Å². The first-order valence-electron chi connectivity index (χ1n) is 11.4. The number of aryl methyl sites for hydroxylation is 2. The molecule has 37 heavy (non-hydrogen) atoms. The fourth-order valence-electron chi connectivity index (χ4n) is 4.66. The third-order valence-corrected chi connectivity index (χ3v) is 7.79.